The number of carbonyl (C=O) groups excluding carboxylic acids is 4. The van der Waals surface area contributed by atoms with Gasteiger partial charge in [-0.1, -0.05) is 66.7 Å². The Hall–Kier alpha value is -7.68. The Morgan fingerprint density at radius 2 is 1.34 bits per heavy atom. The summed E-state index contributed by atoms with van der Waals surface area (Å²) < 4.78 is 16.9. The van der Waals surface area contributed by atoms with Crippen molar-refractivity contribution in [3.8, 4) is 22.6 Å². The molecule has 7 aromatic rings. The van der Waals surface area contributed by atoms with Gasteiger partial charge in [0.2, 0.25) is 12.0 Å². The van der Waals surface area contributed by atoms with Crippen LogP contribution in [0.2, 0.25) is 0 Å². The highest BCUT2D eigenvalue weighted by molar-refractivity contribution is 5.89. The van der Waals surface area contributed by atoms with Crippen LogP contribution >= 0.6 is 0 Å². The van der Waals surface area contributed by atoms with Crippen molar-refractivity contribution in [3.05, 3.63) is 138 Å². The molecule has 2 saturated heterocycles. The molecule has 65 heavy (non-hydrogen) atoms. The van der Waals surface area contributed by atoms with Crippen molar-refractivity contribution in [2.24, 2.45) is 11.8 Å². The molecule has 4 unspecified atom stereocenters. The number of H-pyrrole nitrogens is 2. The van der Waals surface area contributed by atoms with Gasteiger partial charge >= 0.3 is 12.2 Å². The van der Waals surface area contributed by atoms with E-state index in [1.165, 1.54) is 14.2 Å². The standard InChI is InChI=1S/C50H46N8O7/c1-51-49(61)65-45(27-9-4-3-5-10-27)48(60)58-41-22-32(41)24-43(58)47-52-36-17-15-29(20-38(36)54-47)28-12-8-13-33(19-28)64-34-16-18-37-39(26-34)55-46(53-37)42-23-31-21-40(31)57(42)44(59)25-30-11-6-7-14-35(30)56-50(62)63-2/h3-20,26,31-32,40-43,45H,21-25H2,1-2H3,(H,51,61)(H,52,54)(H,53,55)(H,56,62)/t31-,32?,40-,41?,42+,43?,45?/m1/s1. The van der Waals surface area contributed by atoms with Crippen LogP contribution in [0.3, 0.4) is 0 Å². The van der Waals surface area contributed by atoms with Gasteiger partial charge in [-0.15, -0.1) is 0 Å². The molecule has 15 heteroatoms. The minimum absolute atomic E-state index is 0.0115. The number of methoxy groups -OCH3 is 1. The summed E-state index contributed by atoms with van der Waals surface area (Å²) in [5.41, 5.74) is 7.04. The van der Waals surface area contributed by atoms with Gasteiger partial charge in [0.05, 0.1) is 47.7 Å². The van der Waals surface area contributed by atoms with Crippen LogP contribution in [0.15, 0.2) is 115 Å². The van der Waals surface area contributed by atoms with Crippen molar-refractivity contribution in [1.82, 2.24) is 35.1 Å². The molecule has 0 radical (unpaired) electrons. The second-order valence-corrected chi connectivity index (χ2v) is 17.4. The lowest BCUT2D eigenvalue weighted by Gasteiger charge is -2.30. The molecule has 11 rings (SSSR count). The van der Waals surface area contributed by atoms with E-state index in [0.29, 0.717) is 40.4 Å². The van der Waals surface area contributed by atoms with E-state index in [9.17, 15) is 19.2 Å². The quantitative estimate of drug-likeness (QED) is 0.0987. The van der Waals surface area contributed by atoms with E-state index in [0.717, 1.165) is 70.3 Å². The maximum absolute atomic E-state index is 14.2. The van der Waals surface area contributed by atoms with Gasteiger partial charge in [-0.3, -0.25) is 14.9 Å². The molecule has 2 aromatic heterocycles. The van der Waals surface area contributed by atoms with E-state index in [-0.39, 0.29) is 42.4 Å². The molecule has 2 aliphatic heterocycles. The third-order valence-corrected chi connectivity index (χ3v) is 13.3. The molecule has 15 nitrogen and oxygen atoms in total. The second-order valence-electron chi connectivity index (χ2n) is 17.4. The van der Waals surface area contributed by atoms with Crippen LogP contribution in [-0.2, 0) is 25.5 Å². The summed E-state index contributed by atoms with van der Waals surface area (Å²) in [5.74, 6) is 3.30. The first-order chi connectivity index (χ1) is 31.7. The summed E-state index contributed by atoms with van der Waals surface area (Å²) in [6.45, 7) is 0. The van der Waals surface area contributed by atoms with E-state index in [1.54, 1.807) is 18.2 Å². The number of imidazole rings is 2. The Kier molecular flexibility index (Phi) is 9.97. The monoisotopic (exact) mass is 870 g/mol. The Morgan fingerprint density at radius 1 is 0.692 bits per heavy atom. The van der Waals surface area contributed by atoms with Crippen LogP contribution < -0.4 is 15.4 Å². The highest BCUT2D eigenvalue weighted by Crippen LogP contribution is 2.55. The van der Waals surface area contributed by atoms with E-state index in [4.69, 9.17) is 24.2 Å². The van der Waals surface area contributed by atoms with E-state index >= 15 is 0 Å². The number of alkyl carbamates (subject to hydrolysis) is 1. The van der Waals surface area contributed by atoms with Crippen molar-refractivity contribution < 1.29 is 33.4 Å². The predicted octanol–water partition coefficient (Wildman–Crippen LogP) is 8.74. The number of hydrogen-bond acceptors (Lipinski definition) is 9. The number of benzene rings is 5. The average molecular weight is 871 g/mol. The largest absolute Gasteiger partial charge is 0.457 e. The van der Waals surface area contributed by atoms with E-state index in [2.05, 4.69) is 26.7 Å². The lowest BCUT2D eigenvalue weighted by Crippen LogP contribution is -2.40. The number of amides is 4. The van der Waals surface area contributed by atoms with E-state index < -0.39 is 18.3 Å². The highest BCUT2D eigenvalue weighted by Gasteiger charge is 2.57. The number of fused-ring (bicyclic) bond motifs is 4. The lowest BCUT2D eigenvalue weighted by atomic mass is 10.0. The first-order valence-corrected chi connectivity index (χ1v) is 22.0. The fraction of sp³-hybridized carbons (Fsp3) is 0.280. The summed E-state index contributed by atoms with van der Waals surface area (Å²) in [6, 6.07) is 35.9. The number of nitrogens with zero attached hydrogens (tertiary/aromatic N) is 4. The minimum Gasteiger partial charge on any atom is -0.457 e. The minimum atomic E-state index is -1.08. The number of aromatic amines is 2. The zero-order valence-electron chi connectivity index (χ0n) is 35.7. The molecule has 4 aliphatic rings. The van der Waals surface area contributed by atoms with Crippen molar-refractivity contribution in [1.29, 1.82) is 0 Å². The highest BCUT2D eigenvalue weighted by atomic mass is 16.6. The van der Waals surface area contributed by atoms with Crippen LogP contribution in [-0.4, -0.2) is 80.0 Å². The molecule has 0 spiro atoms. The van der Waals surface area contributed by atoms with Crippen molar-refractivity contribution in [2.75, 3.05) is 19.5 Å². The number of ether oxygens (including phenoxy) is 3. The van der Waals surface area contributed by atoms with Crippen molar-refractivity contribution >= 4 is 51.8 Å². The fourth-order valence-corrected chi connectivity index (χ4v) is 9.95. The number of rotatable bonds is 11. The van der Waals surface area contributed by atoms with Gasteiger partial charge in [0.15, 0.2) is 0 Å². The summed E-state index contributed by atoms with van der Waals surface area (Å²) in [7, 11) is 2.79. The Labute approximate surface area is 373 Å². The van der Waals surface area contributed by atoms with Gasteiger partial charge in [-0.05, 0) is 96.7 Å². The van der Waals surface area contributed by atoms with Gasteiger partial charge < -0.3 is 39.3 Å². The molecule has 5 aromatic carbocycles. The zero-order chi connectivity index (χ0) is 44.3. The Morgan fingerprint density at radius 3 is 2.08 bits per heavy atom. The van der Waals surface area contributed by atoms with Crippen LogP contribution in [0.5, 0.6) is 11.5 Å². The van der Waals surface area contributed by atoms with Crippen LogP contribution in [0.1, 0.15) is 66.6 Å². The predicted molar refractivity (Wildman–Crippen MR) is 241 cm³/mol. The molecule has 4 heterocycles. The molecule has 7 atom stereocenters. The Balaban J connectivity index is 0.793. The average Bonchev–Trinajstić information content (AvgIpc) is 3.99. The number of anilines is 1. The Bertz CT molecular complexity index is 3000. The summed E-state index contributed by atoms with van der Waals surface area (Å²) in [4.78, 5) is 73.2. The lowest BCUT2D eigenvalue weighted by molar-refractivity contribution is -0.143. The third kappa shape index (κ3) is 7.66. The maximum atomic E-state index is 14.2. The number of para-hydroxylation sites is 1. The van der Waals surface area contributed by atoms with Gasteiger partial charge in [0.25, 0.3) is 5.91 Å². The normalized spacial score (nSPS) is 21.9. The van der Waals surface area contributed by atoms with Gasteiger partial charge in [-0.2, -0.15) is 0 Å². The maximum Gasteiger partial charge on any atom is 0.411 e. The molecular formula is C50H46N8O7. The zero-order valence-corrected chi connectivity index (χ0v) is 35.7. The first kappa shape index (κ1) is 40.1. The van der Waals surface area contributed by atoms with Crippen LogP contribution in [0.4, 0.5) is 15.3 Å². The molecule has 4 amide bonds. The second kappa shape index (κ2) is 16.1. The number of carbonyl (C=O) groups is 4. The molecule has 328 valence electrons. The van der Waals surface area contributed by atoms with Crippen LogP contribution in [0, 0.1) is 11.8 Å². The summed E-state index contributed by atoms with van der Waals surface area (Å²) >= 11 is 0. The first-order valence-electron chi connectivity index (χ1n) is 22.0. The fourth-order valence-electron chi connectivity index (χ4n) is 9.95. The molecule has 4 N–H and O–H groups in total. The topological polar surface area (TPSA) is 184 Å². The number of hydrogen-bond donors (Lipinski definition) is 4. The number of aromatic nitrogens is 4. The van der Waals surface area contributed by atoms with Gasteiger partial charge in [0.1, 0.15) is 23.1 Å². The summed E-state index contributed by atoms with van der Waals surface area (Å²) in [5, 5.41) is 5.20. The molecule has 4 fully saturated rings. The smallest absolute Gasteiger partial charge is 0.411 e. The molecule has 2 aliphatic carbocycles. The van der Waals surface area contributed by atoms with Gasteiger partial charge in [0, 0.05) is 36.4 Å². The third-order valence-electron chi connectivity index (χ3n) is 13.3. The van der Waals surface area contributed by atoms with Crippen molar-refractivity contribution in [2.45, 2.75) is 62.4 Å². The number of piperidine rings is 2. The van der Waals surface area contributed by atoms with E-state index in [1.807, 2.05) is 101 Å². The molecule has 2 saturated carbocycles. The number of nitrogens with one attached hydrogen (secondary N) is 4. The summed E-state index contributed by atoms with van der Waals surface area (Å²) in [6.07, 6.45) is 1.34. The molecular weight excluding hydrogens is 825 g/mol. The van der Waals surface area contributed by atoms with Crippen LogP contribution in [0.25, 0.3) is 33.2 Å². The van der Waals surface area contributed by atoms with Crippen molar-refractivity contribution in [3.63, 3.8) is 0 Å². The SMILES string of the molecule is CNC(=O)OC(C(=O)N1C(c2nc3ccc(-c4cccc(Oc5ccc6nc([C@@H]7C[C@H]8C[C@H]8N7C(=O)Cc7ccccc7NC(=O)OC)[nH]c6c5)c4)cc3[nH]2)CC2CC21)c1ccccc1. The number of likely N-dealkylation sites (tertiary alicyclic amines) is 2. The molecule has 0 bridgehead atoms. The van der Waals surface area contributed by atoms with Gasteiger partial charge in [-0.25, -0.2) is 19.6 Å².